The van der Waals surface area contributed by atoms with E-state index in [2.05, 4.69) is 35.6 Å². The van der Waals surface area contributed by atoms with Crippen molar-refractivity contribution in [3.8, 4) is 0 Å². The van der Waals surface area contributed by atoms with E-state index >= 15 is 0 Å². The van der Waals surface area contributed by atoms with Crippen LogP contribution in [0.2, 0.25) is 0 Å². The Morgan fingerprint density at radius 1 is 1.53 bits per heavy atom. The molecule has 1 aromatic heterocycles. The largest absolute Gasteiger partial charge is 0.334 e. The molecule has 0 radical (unpaired) electrons. The Morgan fingerprint density at radius 2 is 2.27 bits per heavy atom. The smallest absolute Gasteiger partial charge is 0.0951 e. The second-order valence-electron chi connectivity index (χ2n) is 4.86. The molecule has 0 amide bonds. The zero-order valence-electron chi connectivity index (χ0n) is 9.95. The Balaban J connectivity index is 1.81. The van der Waals surface area contributed by atoms with Crippen molar-refractivity contribution >= 4 is 0 Å². The highest BCUT2D eigenvalue weighted by molar-refractivity contribution is 5.08. The molecule has 1 N–H and O–H groups in total. The van der Waals surface area contributed by atoms with Gasteiger partial charge in [0.1, 0.15) is 0 Å². The van der Waals surface area contributed by atoms with Gasteiger partial charge in [0, 0.05) is 18.3 Å². The zero-order chi connectivity index (χ0) is 10.8. The van der Waals surface area contributed by atoms with E-state index in [1.807, 2.05) is 6.33 Å². The van der Waals surface area contributed by atoms with E-state index in [9.17, 15) is 0 Å². The van der Waals surface area contributed by atoms with Crippen LogP contribution < -0.4 is 5.32 Å². The van der Waals surface area contributed by atoms with Crippen molar-refractivity contribution in [1.82, 2.24) is 14.9 Å². The van der Waals surface area contributed by atoms with Gasteiger partial charge < -0.3 is 9.88 Å². The van der Waals surface area contributed by atoms with E-state index in [-0.39, 0.29) is 0 Å². The van der Waals surface area contributed by atoms with Gasteiger partial charge >= 0.3 is 0 Å². The van der Waals surface area contributed by atoms with Crippen LogP contribution in [0.1, 0.15) is 31.2 Å². The predicted octanol–water partition coefficient (Wildman–Crippen LogP) is 1.89. The summed E-state index contributed by atoms with van der Waals surface area (Å²) in [4.78, 5) is 4.32. The fourth-order valence-electron chi connectivity index (χ4n) is 1.78. The Labute approximate surface area is 91.9 Å². The third-order valence-electron chi connectivity index (χ3n) is 3.19. The van der Waals surface area contributed by atoms with Crippen molar-refractivity contribution < 1.29 is 0 Å². The summed E-state index contributed by atoms with van der Waals surface area (Å²) in [5.74, 6) is 0.679. The summed E-state index contributed by atoms with van der Waals surface area (Å²) in [7, 11) is 0. The Kier molecular flexibility index (Phi) is 3.10. The Bertz CT molecular complexity index is 326. The van der Waals surface area contributed by atoms with Crippen LogP contribution in [0.5, 0.6) is 0 Å². The lowest BCUT2D eigenvalue weighted by Gasteiger charge is -2.14. The summed E-state index contributed by atoms with van der Waals surface area (Å²) in [6, 6.07) is 0.818. The average Bonchev–Trinajstić information content (AvgIpc) is 2.98. The van der Waals surface area contributed by atoms with Crippen molar-refractivity contribution in [3.05, 3.63) is 17.7 Å². The van der Waals surface area contributed by atoms with Gasteiger partial charge in [-0.05, 0) is 39.2 Å². The van der Waals surface area contributed by atoms with E-state index in [4.69, 9.17) is 0 Å². The molecule has 0 bridgehead atoms. The summed E-state index contributed by atoms with van der Waals surface area (Å²) in [6.45, 7) is 8.71. The van der Waals surface area contributed by atoms with Crippen LogP contribution >= 0.6 is 0 Å². The number of nitrogens with zero attached hydrogens (tertiary/aromatic N) is 2. The molecule has 0 spiro atoms. The minimum absolute atomic E-state index is 0.679. The Morgan fingerprint density at radius 3 is 2.80 bits per heavy atom. The molecule has 1 unspecified atom stereocenters. The molecule has 0 aliphatic heterocycles. The minimum Gasteiger partial charge on any atom is -0.334 e. The fourth-order valence-corrected chi connectivity index (χ4v) is 1.78. The maximum Gasteiger partial charge on any atom is 0.0951 e. The number of nitrogens with one attached hydrogen (secondary N) is 1. The number of aryl methyl sites for hydroxylation is 1. The molecule has 1 heterocycles. The predicted molar refractivity (Wildman–Crippen MR) is 61.9 cm³/mol. The highest BCUT2D eigenvalue weighted by Crippen LogP contribution is 2.19. The van der Waals surface area contributed by atoms with E-state index in [0.29, 0.717) is 5.92 Å². The van der Waals surface area contributed by atoms with E-state index in [1.54, 1.807) is 0 Å². The van der Waals surface area contributed by atoms with E-state index < -0.39 is 0 Å². The number of imidazole rings is 1. The third kappa shape index (κ3) is 2.81. The van der Waals surface area contributed by atoms with Crippen LogP contribution in [0.4, 0.5) is 0 Å². The van der Waals surface area contributed by atoms with Gasteiger partial charge in [-0.25, -0.2) is 4.98 Å². The topological polar surface area (TPSA) is 29.9 Å². The third-order valence-corrected chi connectivity index (χ3v) is 3.19. The number of hydrogen-bond acceptors (Lipinski definition) is 2. The van der Waals surface area contributed by atoms with Gasteiger partial charge in [0.15, 0.2) is 0 Å². The van der Waals surface area contributed by atoms with Crippen molar-refractivity contribution in [2.75, 3.05) is 6.54 Å². The van der Waals surface area contributed by atoms with Gasteiger partial charge in [0.05, 0.1) is 12.0 Å². The lowest BCUT2D eigenvalue weighted by atomic mass is 10.1. The normalized spacial score (nSPS) is 18.1. The molecule has 1 saturated carbocycles. The number of hydrogen-bond donors (Lipinski definition) is 1. The van der Waals surface area contributed by atoms with Crippen molar-refractivity contribution in [2.24, 2.45) is 5.92 Å². The summed E-state index contributed by atoms with van der Waals surface area (Å²) in [5.41, 5.74) is 2.45. The van der Waals surface area contributed by atoms with Crippen molar-refractivity contribution in [3.63, 3.8) is 0 Å². The first-order valence-electron chi connectivity index (χ1n) is 5.88. The Hall–Kier alpha value is -0.830. The van der Waals surface area contributed by atoms with Gasteiger partial charge in [-0.3, -0.25) is 0 Å². The molecule has 2 rings (SSSR count). The molecule has 0 aromatic carbocycles. The van der Waals surface area contributed by atoms with E-state index in [0.717, 1.165) is 24.8 Å². The average molecular weight is 207 g/mol. The SMILES string of the molecule is Cc1ncn(CC(C)CNC2CC2)c1C. The summed E-state index contributed by atoms with van der Waals surface area (Å²) in [5, 5.41) is 3.57. The van der Waals surface area contributed by atoms with Crippen LogP contribution in [0.3, 0.4) is 0 Å². The first kappa shape index (κ1) is 10.7. The van der Waals surface area contributed by atoms with Crippen LogP contribution in [0.15, 0.2) is 6.33 Å². The number of aromatic nitrogens is 2. The molecule has 1 aromatic rings. The van der Waals surface area contributed by atoms with Crippen molar-refractivity contribution in [1.29, 1.82) is 0 Å². The van der Waals surface area contributed by atoms with Gasteiger partial charge in [0.2, 0.25) is 0 Å². The summed E-state index contributed by atoms with van der Waals surface area (Å²) < 4.78 is 2.26. The maximum absolute atomic E-state index is 4.32. The quantitative estimate of drug-likeness (QED) is 0.799. The molecule has 1 aliphatic rings. The van der Waals surface area contributed by atoms with Crippen LogP contribution in [-0.4, -0.2) is 22.1 Å². The second kappa shape index (κ2) is 4.35. The molecule has 0 saturated heterocycles. The van der Waals surface area contributed by atoms with Crippen LogP contribution in [-0.2, 0) is 6.54 Å². The first-order chi connectivity index (χ1) is 7.16. The summed E-state index contributed by atoms with van der Waals surface area (Å²) in [6.07, 6.45) is 4.70. The molecule has 1 fully saturated rings. The lowest BCUT2D eigenvalue weighted by molar-refractivity contribution is 0.440. The zero-order valence-corrected chi connectivity index (χ0v) is 9.95. The molecule has 3 heteroatoms. The van der Waals surface area contributed by atoms with Gasteiger partial charge in [-0.1, -0.05) is 6.92 Å². The van der Waals surface area contributed by atoms with Crippen LogP contribution in [0.25, 0.3) is 0 Å². The highest BCUT2D eigenvalue weighted by Gasteiger charge is 2.20. The second-order valence-corrected chi connectivity index (χ2v) is 4.86. The number of rotatable bonds is 5. The van der Waals surface area contributed by atoms with Gasteiger partial charge in [-0.2, -0.15) is 0 Å². The highest BCUT2D eigenvalue weighted by atomic mass is 15.1. The molecular weight excluding hydrogens is 186 g/mol. The van der Waals surface area contributed by atoms with E-state index in [1.165, 1.54) is 18.5 Å². The minimum atomic E-state index is 0.679. The molecular formula is C12H21N3. The van der Waals surface area contributed by atoms with Crippen molar-refractivity contribution in [2.45, 2.75) is 46.2 Å². The van der Waals surface area contributed by atoms with Crippen LogP contribution in [0, 0.1) is 19.8 Å². The maximum atomic E-state index is 4.32. The molecule has 84 valence electrons. The monoisotopic (exact) mass is 207 g/mol. The van der Waals surface area contributed by atoms with Gasteiger partial charge in [0.25, 0.3) is 0 Å². The molecule has 15 heavy (non-hydrogen) atoms. The lowest BCUT2D eigenvalue weighted by Crippen LogP contribution is -2.25. The van der Waals surface area contributed by atoms with Gasteiger partial charge in [-0.15, -0.1) is 0 Å². The molecule has 1 atom stereocenters. The standard InChI is InChI=1S/C12H21N3/c1-9(6-13-12-4-5-12)7-15-8-14-10(2)11(15)3/h8-9,12-13H,4-7H2,1-3H3. The summed E-state index contributed by atoms with van der Waals surface area (Å²) >= 11 is 0. The fraction of sp³-hybridized carbons (Fsp3) is 0.750. The molecule has 3 nitrogen and oxygen atoms in total. The first-order valence-corrected chi connectivity index (χ1v) is 5.88. The molecule has 1 aliphatic carbocycles.